The monoisotopic (exact) mass is 400 g/mol. The van der Waals surface area contributed by atoms with E-state index < -0.39 is 0 Å². The van der Waals surface area contributed by atoms with Crippen LogP contribution in [0.2, 0.25) is 0 Å². The minimum Gasteiger partial charge on any atom is -0.370 e. The lowest BCUT2D eigenvalue weighted by Crippen LogP contribution is -2.47. The predicted molar refractivity (Wildman–Crippen MR) is 90.1 cm³/mol. The van der Waals surface area contributed by atoms with E-state index in [1.165, 1.54) is 0 Å². The zero-order chi connectivity index (χ0) is 14.1. The van der Waals surface area contributed by atoms with Gasteiger partial charge in [0.05, 0.1) is 6.67 Å². The lowest BCUT2D eigenvalue weighted by atomic mass is 9.95. The summed E-state index contributed by atoms with van der Waals surface area (Å²) in [7, 11) is 0. The molecular formula is C13H26FIN4O. The van der Waals surface area contributed by atoms with Gasteiger partial charge in [-0.2, -0.15) is 0 Å². The normalized spacial score (nSPS) is 19.4. The van der Waals surface area contributed by atoms with Crippen LogP contribution in [0.15, 0.2) is 4.99 Å². The van der Waals surface area contributed by atoms with Gasteiger partial charge in [0.2, 0.25) is 5.91 Å². The number of guanidine groups is 1. The lowest BCUT2D eigenvalue weighted by Gasteiger charge is -2.34. The Labute approximate surface area is 137 Å². The predicted octanol–water partition coefficient (Wildman–Crippen LogP) is 1.52. The van der Waals surface area contributed by atoms with Crippen molar-refractivity contribution >= 4 is 35.8 Å². The van der Waals surface area contributed by atoms with Crippen molar-refractivity contribution in [3.05, 3.63) is 0 Å². The molecular weight excluding hydrogens is 374 g/mol. The van der Waals surface area contributed by atoms with Crippen LogP contribution in [0, 0.1) is 5.92 Å². The number of rotatable bonds is 6. The van der Waals surface area contributed by atoms with Crippen LogP contribution in [-0.4, -0.2) is 49.6 Å². The molecule has 0 aliphatic carbocycles. The molecule has 0 saturated carbocycles. The molecule has 1 unspecified atom stereocenters. The zero-order valence-corrected chi connectivity index (χ0v) is 14.4. The molecule has 1 saturated heterocycles. The van der Waals surface area contributed by atoms with Gasteiger partial charge < -0.3 is 16.0 Å². The number of halogens is 2. The fourth-order valence-electron chi connectivity index (χ4n) is 2.38. The number of primary amides is 1. The highest BCUT2D eigenvalue weighted by atomic mass is 127. The van der Waals surface area contributed by atoms with Gasteiger partial charge in [-0.05, 0) is 32.1 Å². The highest BCUT2D eigenvalue weighted by molar-refractivity contribution is 14.0. The highest BCUT2D eigenvalue weighted by Crippen LogP contribution is 2.19. The maximum atomic E-state index is 12.1. The van der Waals surface area contributed by atoms with Crippen molar-refractivity contribution in [2.45, 2.75) is 32.6 Å². The number of carbonyl (C=O) groups excluding carboxylic acids is 1. The molecule has 1 amide bonds. The number of hydrogen-bond acceptors (Lipinski definition) is 2. The van der Waals surface area contributed by atoms with Gasteiger partial charge in [-0.25, -0.2) is 0 Å². The Balaban J connectivity index is 0.00000361. The summed E-state index contributed by atoms with van der Waals surface area (Å²) in [6.45, 7) is 4.67. The van der Waals surface area contributed by atoms with Crippen molar-refractivity contribution in [1.29, 1.82) is 0 Å². The average molecular weight is 400 g/mol. The SMILES string of the molecule is CCNC(=NCCCF)N1CCCC(CC(N)=O)C1.I. The van der Waals surface area contributed by atoms with Crippen LogP contribution in [0.1, 0.15) is 32.6 Å². The number of aliphatic imine (C=N–C) groups is 1. The molecule has 1 rings (SSSR count). The van der Waals surface area contributed by atoms with E-state index in [4.69, 9.17) is 5.73 Å². The number of nitrogens with zero attached hydrogens (tertiary/aromatic N) is 2. The molecule has 0 aromatic rings. The summed E-state index contributed by atoms with van der Waals surface area (Å²) < 4.78 is 12.1. The third kappa shape index (κ3) is 7.25. The van der Waals surface area contributed by atoms with Crippen molar-refractivity contribution in [2.24, 2.45) is 16.6 Å². The van der Waals surface area contributed by atoms with Crippen LogP contribution >= 0.6 is 24.0 Å². The van der Waals surface area contributed by atoms with E-state index in [0.29, 0.717) is 25.3 Å². The molecule has 1 fully saturated rings. The number of piperidine rings is 1. The Morgan fingerprint density at radius 2 is 2.30 bits per heavy atom. The molecule has 118 valence electrons. The number of alkyl halides is 1. The van der Waals surface area contributed by atoms with E-state index in [2.05, 4.69) is 15.2 Å². The van der Waals surface area contributed by atoms with Crippen LogP contribution in [-0.2, 0) is 4.79 Å². The number of hydrogen-bond donors (Lipinski definition) is 2. The summed E-state index contributed by atoms with van der Waals surface area (Å²) in [6.07, 6.45) is 2.95. The summed E-state index contributed by atoms with van der Waals surface area (Å²) in [5.74, 6) is 0.882. The summed E-state index contributed by atoms with van der Waals surface area (Å²) in [5.41, 5.74) is 5.26. The molecule has 0 radical (unpaired) electrons. The number of nitrogens with two attached hydrogens (primary N) is 1. The summed E-state index contributed by atoms with van der Waals surface area (Å²) in [4.78, 5) is 17.6. The van der Waals surface area contributed by atoms with Crippen LogP contribution < -0.4 is 11.1 Å². The molecule has 0 aromatic heterocycles. The summed E-state index contributed by atoms with van der Waals surface area (Å²) in [5, 5.41) is 3.22. The van der Waals surface area contributed by atoms with Crippen molar-refractivity contribution in [2.75, 3.05) is 32.9 Å². The highest BCUT2D eigenvalue weighted by Gasteiger charge is 2.23. The van der Waals surface area contributed by atoms with Gasteiger partial charge >= 0.3 is 0 Å². The van der Waals surface area contributed by atoms with Crippen LogP contribution in [0.25, 0.3) is 0 Å². The zero-order valence-electron chi connectivity index (χ0n) is 12.1. The Morgan fingerprint density at radius 1 is 1.55 bits per heavy atom. The van der Waals surface area contributed by atoms with Crippen molar-refractivity contribution in [3.63, 3.8) is 0 Å². The molecule has 3 N–H and O–H groups in total. The molecule has 7 heteroatoms. The molecule has 1 aliphatic rings. The summed E-state index contributed by atoms with van der Waals surface area (Å²) in [6, 6.07) is 0. The van der Waals surface area contributed by atoms with Gasteiger partial charge in [0.1, 0.15) is 0 Å². The first-order valence-electron chi connectivity index (χ1n) is 7.04. The standard InChI is InChI=1S/C13H25FN4O.HI/c1-2-16-13(17-7-4-6-14)18-8-3-5-11(10-18)9-12(15)19;/h11H,2-10H2,1H3,(H2,15,19)(H,16,17);1H. The second-order valence-corrected chi connectivity index (χ2v) is 4.90. The number of likely N-dealkylation sites (tertiary alicyclic amines) is 1. The molecule has 5 nitrogen and oxygen atoms in total. The summed E-state index contributed by atoms with van der Waals surface area (Å²) >= 11 is 0. The smallest absolute Gasteiger partial charge is 0.217 e. The third-order valence-corrected chi connectivity index (χ3v) is 3.20. The second kappa shape index (κ2) is 11.1. The van der Waals surface area contributed by atoms with Crippen LogP contribution in [0.4, 0.5) is 4.39 Å². The van der Waals surface area contributed by atoms with Gasteiger partial charge in [0.15, 0.2) is 5.96 Å². The van der Waals surface area contributed by atoms with Gasteiger partial charge in [0.25, 0.3) is 0 Å². The minimum absolute atomic E-state index is 0. The molecule has 1 heterocycles. The van der Waals surface area contributed by atoms with Gasteiger partial charge in [-0.1, -0.05) is 0 Å². The first kappa shape index (κ1) is 19.4. The van der Waals surface area contributed by atoms with E-state index in [-0.39, 0.29) is 36.6 Å². The number of nitrogens with one attached hydrogen (secondary N) is 1. The molecule has 20 heavy (non-hydrogen) atoms. The minimum atomic E-state index is -0.340. The van der Waals surface area contributed by atoms with Crippen LogP contribution in [0.5, 0.6) is 0 Å². The fourth-order valence-corrected chi connectivity index (χ4v) is 2.38. The lowest BCUT2D eigenvalue weighted by molar-refractivity contribution is -0.119. The largest absolute Gasteiger partial charge is 0.370 e. The quantitative estimate of drug-likeness (QED) is 0.308. The van der Waals surface area contributed by atoms with Crippen molar-refractivity contribution in [1.82, 2.24) is 10.2 Å². The van der Waals surface area contributed by atoms with Gasteiger partial charge in [-0.15, -0.1) is 24.0 Å². The van der Waals surface area contributed by atoms with E-state index in [0.717, 1.165) is 38.4 Å². The van der Waals surface area contributed by atoms with Crippen molar-refractivity contribution < 1.29 is 9.18 Å². The van der Waals surface area contributed by atoms with Crippen LogP contribution in [0.3, 0.4) is 0 Å². The van der Waals surface area contributed by atoms with Gasteiger partial charge in [-0.3, -0.25) is 14.2 Å². The maximum absolute atomic E-state index is 12.1. The first-order valence-corrected chi connectivity index (χ1v) is 7.04. The Kier molecular flexibility index (Phi) is 10.8. The Hall–Kier alpha value is -0.600. The van der Waals surface area contributed by atoms with Gasteiger partial charge in [0, 0.05) is 32.6 Å². The van der Waals surface area contributed by atoms with E-state index in [1.807, 2.05) is 6.92 Å². The molecule has 1 aliphatic heterocycles. The molecule has 0 spiro atoms. The van der Waals surface area contributed by atoms with E-state index >= 15 is 0 Å². The number of amides is 1. The van der Waals surface area contributed by atoms with Crippen molar-refractivity contribution in [3.8, 4) is 0 Å². The molecule has 1 atom stereocenters. The Morgan fingerprint density at radius 3 is 2.90 bits per heavy atom. The van der Waals surface area contributed by atoms with E-state index in [1.54, 1.807) is 0 Å². The topological polar surface area (TPSA) is 70.7 Å². The maximum Gasteiger partial charge on any atom is 0.217 e. The Bertz CT molecular complexity index is 315. The average Bonchev–Trinajstić information content (AvgIpc) is 2.37. The third-order valence-electron chi connectivity index (χ3n) is 3.20. The molecule has 0 aromatic carbocycles. The first-order chi connectivity index (χ1) is 9.17. The number of carbonyl (C=O) groups is 1. The second-order valence-electron chi connectivity index (χ2n) is 4.90. The van der Waals surface area contributed by atoms with E-state index in [9.17, 15) is 9.18 Å². The molecule has 0 bridgehead atoms. The fraction of sp³-hybridized carbons (Fsp3) is 0.846.